The lowest BCUT2D eigenvalue weighted by Crippen LogP contribution is -2.20. The number of aliphatic hydroxyl groups excluding tert-OH is 1. The van der Waals surface area contributed by atoms with Crippen molar-refractivity contribution in [3.63, 3.8) is 0 Å². The molecule has 2 aliphatic carbocycles. The smallest absolute Gasteiger partial charge is 0.138 e. The van der Waals surface area contributed by atoms with Crippen molar-refractivity contribution in [1.82, 2.24) is 14.8 Å². The molecule has 1 N–H and O–H groups in total. The Labute approximate surface area is 108 Å². The Morgan fingerprint density at radius 1 is 1.39 bits per heavy atom. The Bertz CT molecular complexity index is 405. The Balaban J connectivity index is 1.61. The number of aliphatic hydroxyl groups is 1. The minimum absolute atomic E-state index is 0.213. The predicted octanol–water partition coefficient (Wildman–Crippen LogP) is 1.88. The van der Waals surface area contributed by atoms with E-state index in [4.69, 9.17) is 0 Å². The van der Waals surface area contributed by atoms with Crippen LogP contribution >= 0.6 is 0 Å². The van der Waals surface area contributed by atoms with E-state index in [1.807, 2.05) is 4.68 Å². The lowest BCUT2D eigenvalue weighted by Gasteiger charge is -2.13. The summed E-state index contributed by atoms with van der Waals surface area (Å²) in [7, 11) is 0. The molecule has 100 valence electrons. The van der Waals surface area contributed by atoms with Gasteiger partial charge in [0.2, 0.25) is 0 Å². The summed E-state index contributed by atoms with van der Waals surface area (Å²) < 4.78 is 1.95. The molecule has 0 radical (unpaired) electrons. The van der Waals surface area contributed by atoms with Gasteiger partial charge in [-0.1, -0.05) is 20.3 Å². The number of hydrogen-bond acceptors (Lipinski definition) is 3. The molecule has 0 spiro atoms. The molecule has 0 bridgehead atoms. The fourth-order valence-corrected chi connectivity index (χ4v) is 3.72. The molecule has 3 unspecified atom stereocenters. The average Bonchev–Trinajstić information content (AvgIpc) is 2.67. The first-order chi connectivity index (χ1) is 8.66. The van der Waals surface area contributed by atoms with E-state index in [2.05, 4.69) is 23.9 Å². The second kappa shape index (κ2) is 4.65. The van der Waals surface area contributed by atoms with Crippen LogP contribution in [0, 0.1) is 23.7 Å². The van der Waals surface area contributed by atoms with Crippen LogP contribution < -0.4 is 0 Å². The van der Waals surface area contributed by atoms with E-state index in [-0.39, 0.29) is 6.10 Å². The molecule has 0 aromatic carbocycles. The molecular weight excluding hydrogens is 226 g/mol. The van der Waals surface area contributed by atoms with E-state index in [1.54, 1.807) is 6.33 Å². The summed E-state index contributed by atoms with van der Waals surface area (Å²) in [5.41, 5.74) is 0. The van der Waals surface area contributed by atoms with Crippen LogP contribution in [0.1, 0.15) is 38.9 Å². The van der Waals surface area contributed by atoms with Crippen molar-refractivity contribution in [2.45, 2.75) is 52.2 Å². The molecule has 2 saturated carbocycles. The third-order valence-corrected chi connectivity index (χ3v) is 4.54. The van der Waals surface area contributed by atoms with Crippen LogP contribution in [-0.4, -0.2) is 26.0 Å². The maximum Gasteiger partial charge on any atom is 0.138 e. The second-order valence-corrected chi connectivity index (χ2v) is 6.36. The van der Waals surface area contributed by atoms with Gasteiger partial charge in [0.1, 0.15) is 12.2 Å². The Hall–Kier alpha value is -0.900. The molecule has 18 heavy (non-hydrogen) atoms. The van der Waals surface area contributed by atoms with Gasteiger partial charge in [0.15, 0.2) is 0 Å². The fraction of sp³-hybridized carbons (Fsp3) is 0.857. The van der Waals surface area contributed by atoms with Crippen LogP contribution in [-0.2, 0) is 13.0 Å². The van der Waals surface area contributed by atoms with Crippen molar-refractivity contribution in [2.75, 3.05) is 0 Å². The minimum Gasteiger partial charge on any atom is -0.392 e. The van der Waals surface area contributed by atoms with Crippen molar-refractivity contribution < 1.29 is 5.11 Å². The van der Waals surface area contributed by atoms with Gasteiger partial charge in [-0.2, -0.15) is 5.10 Å². The van der Waals surface area contributed by atoms with Gasteiger partial charge >= 0.3 is 0 Å². The summed E-state index contributed by atoms with van der Waals surface area (Å²) in [5, 5.41) is 14.6. The van der Waals surface area contributed by atoms with Crippen LogP contribution in [0.25, 0.3) is 0 Å². The average molecular weight is 249 g/mol. The quantitative estimate of drug-likeness (QED) is 0.867. The first-order valence-corrected chi connectivity index (χ1v) is 7.21. The fourth-order valence-electron chi connectivity index (χ4n) is 3.72. The van der Waals surface area contributed by atoms with E-state index < -0.39 is 0 Å². The summed E-state index contributed by atoms with van der Waals surface area (Å²) in [6.07, 6.45) is 6.08. The van der Waals surface area contributed by atoms with Crippen LogP contribution in [0.2, 0.25) is 0 Å². The molecule has 0 saturated heterocycles. The molecule has 1 heterocycles. The maximum atomic E-state index is 10.3. The molecule has 4 heteroatoms. The summed E-state index contributed by atoms with van der Waals surface area (Å²) in [4.78, 5) is 4.31. The van der Waals surface area contributed by atoms with Gasteiger partial charge in [-0.3, -0.25) is 0 Å². The van der Waals surface area contributed by atoms with E-state index in [9.17, 15) is 5.11 Å². The summed E-state index contributed by atoms with van der Waals surface area (Å²) >= 11 is 0. The van der Waals surface area contributed by atoms with Gasteiger partial charge in [0.25, 0.3) is 0 Å². The first-order valence-electron chi connectivity index (χ1n) is 7.21. The SMILES string of the molecule is CC(C)Cn1ncnc1CC(O)C1C2CCCC21. The van der Waals surface area contributed by atoms with Gasteiger partial charge in [0.05, 0.1) is 6.10 Å². The normalized spacial score (nSPS) is 31.7. The molecule has 0 amide bonds. The lowest BCUT2D eigenvalue weighted by atomic mass is 10.0. The topological polar surface area (TPSA) is 50.9 Å². The molecule has 2 fully saturated rings. The number of fused-ring (bicyclic) bond motifs is 1. The molecule has 4 nitrogen and oxygen atoms in total. The van der Waals surface area contributed by atoms with E-state index >= 15 is 0 Å². The number of rotatable bonds is 5. The van der Waals surface area contributed by atoms with E-state index in [0.29, 0.717) is 18.3 Å². The van der Waals surface area contributed by atoms with Gasteiger partial charge in [-0.15, -0.1) is 0 Å². The van der Waals surface area contributed by atoms with Crippen LogP contribution in [0.15, 0.2) is 6.33 Å². The third kappa shape index (κ3) is 2.18. The van der Waals surface area contributed by atoms with Crippen molar-refractivity contribution in [3.8, 4) is 0 Å². The Morgan fingerprint density at radius 3 is 2.78 bits per heavy atom. The van der Waals surface area contributed by atoms with Gasteiger partial charge in [-0.05, 0) is 36.5 Å². The third-order valence-electron chi connectivity index (χ3n) is 4.54. The van der Waals surface area contributed by atoms with Gasteiger partial charge in [-0.25, -0.2) is 9.67 Å². The maximum absolute atomic E-state index is 10.3. The van der Waals surface area contributed by atoms with Crippen LogP contribution in [0.5, 0.6) is 0 Å². The summed E-state index contributed by atoms with van der Waals surface area (Å²) in [6.45, 7) is 5.24. The van der Waals surface area contributed by atoms with Crippen LogP contribution in [0.4, 0.5) is 0 Å². The highest BCUT2D eigenvalue weighted by Crippen LogP contribution is 2.59. The van der Waals surface area contributed by atoms with Crippen molar-refractivity contribution >= 4 is 0 Å². The molecule has 0 aliphatic heterocycles. The molecule has 3 atom stereocenters. The Kier molecular flexibility index (Phi) is 3.14. The Morgan fingerprint density at radius 2 is 2.11 bits per heavy atom. The number of nitrogens with zero attached hydrogens (tertiary/aromatic N) is 3. The molecular formula is C14H23N3O. The summed E-state index contributed by atoms with van der Waals surface area (Å²) in [5.74, 6) is 3.66. The zero-order valence-corrected chi connectivity index (χ0v) is 11.3. The molecule has 2 aliphatic rings. The van der Waals surface area contributed by atoms with Crippen molar-refractivity contribution in [1.29, 1.82) is 0 Å². The molecule has 3 rings (SSSR count). The minimum atomic E-state index is -0.213. The predicted molar refractivity (Wildman–Crippen MR) is 68.9 cm³/mol. The molecule has 1 aromatic rings. The number of aromatic nitrogens is 3. The van der Waals surface area contributed by atoms with Gasteiger partial charge < -0.3 is 5.11 Å². The largest absolute Gasteiger partial charge is 0.392 e. The zero-order chi connectivity index (χ0) is 12.7. The monoisotopic (exact) mass is 249 g/mol. The zero-order valence-electron chi connectivity index (χ0n) is 11.3. The standard InChI is InChI=1S/C14H23N3O/c1-9(2)7-17-13(15-8-16-17)6-12(18)14-10-4-3-5-11(10)14/h8-12,14,18H,3-7H2,1-2H3. The second-order valence-electron chi connectivity index (χ2n) is 6.36. The first kappa shape index (κ1) is 12.2. The number of hydrogen-bond donors (Lipinski definition) is 1. The molecule has 1 aromatic heterocycles. The van der Waals surface area contributed by atoms with Gasteiger partial charge in [0, 0.05) is 13.0 Å². The highest BCUT2D eigenvalue weighted by Gasteiger charge is 2.55. The van der Waals surface area contributed by atoms with E-state index in [1.165, 1.54) is 19.3 Å². The highest BCUT2D eigenvalue weighted by molar-refractivity contribution is 5.06. The van der Waals surface area contributed by atoms with Crippen LogP contribution in [0.3, 0.4) is 0 Å². The lowest BCUT2D eigenvalue weighted by molar-refractivity contribution is 0.131. The summed E-state index contributed by atoms with van der Waals surface area (Å²) in [6, 6.07) is 0. The van der Waals surface area contributed by atoms with Crippen molar-refractivity contribution in [3.05, 3.63) is 12.2 Å². The van der Waals surface area contributed by atoms with E-state index in [0.717, 1.165) is 24.2 Å². The highest BCUT2D eigenvalue weighted by atomic mass is 16.3. The van der Waals surface area contributed by atoms with Crippen molar-refractivity contribution in [2.24, 2.45) is 23.7 Å².